The Morgan fingerprint density at radius 3 is 2.47 bits per heavy atom. The molecule has 0 amide bonds. The van der Waals surface area contributed by atoms with Crippen LogP contribution in [0.2, 0.25) is 0 Å². The molecule has 0 fully saturated rings. The third kappa shape index (κ3) is 4.71. The first-order valence-electron chi connectivity index (χ1n) is 5.77. The Morgan fingerprint density at radius 1 is 1.24 bits per heavy atom. The predicted molar refractivity (Wildman–Crippen MR) is 69.5 cm³/mol. The SMILES string of the molecule is CCOC(=O)CC(C)=C=C(C)c1ccccc1. The first kappa shape index (κ1) is 13.3. The lowest BCUT2D eigenvalue weighted by Gasteiger charge is -2.01. The van der Waals surface area contributed by atoms with E-state index in [4.69, 9.17) is 4.74 Å². The molecule has 0 heterocycles. The zero-order valence-corrected chi connectivity index (χ0v) is 10.6. The molecule has 0 saturated carbocycles. The molecule has 17 heavy (non-hydrogen) atoms. The van der Waals surface area contributed by atoms with Crippen LogP contribution in [0.15, 0.2) is 41.6 Å². The van der Waals surface area contributed by atoms with Crippen molar-refractivity contribution in [2.45, 2.75) is 27.2 Å². The van der Waals surface area contributed by atoms with E-state index < -0.39 is 0 Å². The summed E-state index contributed by atoms with van der Waals surface area (Å²) in [6.07, 6.45) is 0.304. The van der Waals surface area contributed by atoms with Gasteiger partial charge in [0.15, 0.2) is 0 Å². The molecule has 0 unspecified atom stereocenters. The number of benzene rings is 1. The van der Waals surface area contributed by atoms with E-state index in [-0.39, 0.29) is 5.97 Å². The minimum Gasteiger partial charge on any atom is -0.466 e. The van der Waals surface area contributed by atoms with E-state index in [1.165, 1.54) is 0 Å². The summed E-state index contributed by atoms with van der Waals surface area (Å²) in [5, 5.41) is 0. The lowest BCUT2D eigenvalue weighted by molar-refractivity contribution is -0.142. The molecule has 0 aromatic heterocycles. The molecule has 1 rings (SSSR count). The van der Waals surface area contributed by atoms with Gasteiger partial charge in [-0.25, -0.2) is 0 Å². The van der Waals surface area contributed by atoms with Crippen LogP contribution in [0.25, 0.3) is 5.57 Å². The monoisotopic (exact) mass is 230 g/mol. The van der Waals surface area contributed by atoms with Crippen LogP contribution in [0.3, 0.4) is 0 Å². The van der Waals surface area contributed by atoms with Gasteiger partial charge in [-0.3, -0.25) is 4.79 Å². The Balaban J connectivity index is 2.82. The van der Waals surface area contributed by atoms with E-state index in [1.807, 2.05) is 51.1 Å². The number of rotatable bonds is 4. The summed E-state index contributed by atoms with van der Waals surface area (Å²) in [5.74, 6) is -0.196. The van der Waals surface area contributed by atoms with Crippen LogP contribution in [0.5, 0.6) is 0 Å². The van der Waals surface area contributed by atoms with Gasteiger partial charge in [-0.15, -0.1) is 5.73 Å². The number of carbonyl (C=O) groups excluding carboxylic acids is 1. The van der Waals surface area contributed by atoms with Gasteiger partial charge >= 0.3 is 5.97 Å². The molecular formula is C15H18O2. The van der Waals surface area contributed by atoms with Crippen LogP contribution >= 0.6 is 0 Å². The van der Waals surface area contributed by atoms with E-state index in [1.54, 1.807) is 0 Å². The second-order valence-electron chi connectivity index (χ2n) is 3.88. The third-order valence-electron chi connectivity index (χ3n) is 2.32. The first-order chi connectivity index (χ1) is 8.13. The molecule has 1 aromatic carbocycles. The van der Waals surface area contributed by atoms with Crippen LogP contribution in [0.4, 0.5) is 0 Å². The fourth-order valence-electron chi connectivity index (χ4n) is 1.55. The van der Waals surface area contributed by atoms with Crippen LogP contribution in [0.1, 0.15) is 32.8 Å². The van der Waals surface area contributed by atoms with Gasteiger partial charge < -0.3 is 4.74 Å². The number of hydrogen-bond donors (Lipinski definition) is 0. The highest BCUT2D eigenvalue weighted by molar-refractivity contribution is 5.73. The molecule has 0 spiro atoms. The standard InChI is InChI=1S/C15H18O2/c1-4-17-15(16)11-12(2)10-13(3)14-8-6-5-7-9-14/h5-9H,4,11H2,1-3H3. The van der Waals surface area contributed by atoms with Gasteiger partial charge in [0.25, 0.3) is 0 Å². The van der Waals surface area contributed by atoms with Gasteiger partial charge in [0.2, 0.25) is 0 Å². The van der Waals surface area contributed by atoms with Crippen LogP contribution in [-0.2, 0) is 9.53 Å². The molecule has 2 heteroatoms. The molecule has 0 bridgehead atoms. The zero-order chi connectivity index (χ0) is 12.7. The van der Waals surface area contributed by atoms with Crippen molar-refractivity contribution in [2.75, 3.05) is 6.61 Å². The smallest absolute Gasteiger partial charge is 0.310 e. The third-order valence-corrected chi connectivity index (χ3v) is 2.32. The van der Waals surface area contributed by atoms with Crippen molar-refractivity contribution in [3.8, 4) is 0 Å². The Bertz CT molecular complexity index is 437. The maximum Gasteiger partial charge on any atom is 0.310 e. The highest BCUT2D eigenvalue weighted by Gasteiger charge is 2.02. The van der Waals surface area contributed by atoms with Crippen molar-refractivity contribution in [3.63, 3.8) is 0 Å². The average Bonchev–Trinajstić information content (AvgIpc) is 2.30. The van der Waals surface area contributed by atoms with Gasteiger partial charge in [0, 0.05) is 0 Å². The largest absolute Gasteiger partial charge is 0.466 e. The second kappa shape index (κ2) is 6.72. The minimum absolute atomic E-state index is 0.196. The van der Waals surface area contributed by atoms with Crippen LogP contribution < -0.4 is 0 Å². The summed E-state index contributed by atoms with van der Waals surface area (Å²) in [6, 6.07) is 10.0. The number of ether oxygens (including phenoxy) is 1. The van der Waals surface area contributed by atoms with E-state index >= 15 is 0 Å². The van der Waals surface area contributed by atoms with Gasteiger partial charge in [-0.1, -0.05) is 30.3 Å². The van der Waals surface area contributed by atoms with Crippen molar-refractivity contribution < 1.29 is 9.53 Å². The number of esters is 1. The molecule has 0 atom stereocenters. The highest BCUT2D eigenvalue weighted by Crippen LogP contribution is 2.13. The maximum absolute atomic E-state index is 11.3. The highest BCUT2D eigenvalue weighted by atomic mass is 16.5. The molecule has 1 aromatic rings. The van der Waals surface area contributed by atoms with Crippen molar-refractivity contribution >= 4 is 11.5 Å². The Kier molecular flexibility index (Phi) is 5.25. The Labute approximate surface area is 103 Å². The Morgan fingerprint density at radius 2 is 1.88 bits per heavy atom. The molecule has 2 nitrogen and oxygen atoms in total. The van der Waals surface area contributed by atoms with Gasteiger partial charge in [-0.2, -0.15) is 0 Å². The quantitative estimate of drug-likeness (QED) is 0.583. The fraction of sp³-hybridized carbons (Fsp3) is 0.333. The molecule has 0 saturated heterocycles. The molecule has 0 aliphatic rings. The number of hydrogen-bond acceptors (Lipinski definition) is 2. The van der Waals surface area contributed by atoms with Crippen molar-refractivity contribution in [2.24, 2.45) is 0 Å². The summed E-state index contributed by atoms with van der Waals surface area (Å²) < 4.78 is 4.89. The molecule has 0 aliphatic heterocycles. The molecule has 90 valence electrons. The molecular weight excluding hydrogens is 212 g/mol. The van der Waals surface area contributed by atoms with E-state index in [9.17, 15) is 4.79 Å². The van der Waals surface area contributed by atoms with Gasteiger partial charge in [0.05, 0.1) is 13.0 Å². The fourth-order valence-corrected chi connectivity index (χ4v) is 1.55. The van der Waals surface area contributed by atoms with Crippen molar-refractivity contribution in [1.82, 2.24) is 0 Å². The summed E-state index contributed by atoms with van der Waals surface area (Å²) in [5.41, 5.74) is 6.27. The summed E-state index contributed by atoms with van der Waals surface area (Å²) in [6.45, 7) is 6.11. The molecule has 0 radical (unpaired) electrons. The van der Waals surface area contributed by atoms with E-state index in [0.717, 1.165) is 16.7 Å². The Hall–Kier alpha value is -1.79. The second-order valence-corrected chi connectivity index (χ2v) is 3.88. The van der Waals surface area contributed by atoms with Crippen LogP contribution in [0, 0.1) is 0 Å². The van der Waals surface area contributed by atoms with Gasteiger partial charge in [-0.05, 0) is 37.5 Å². The summed E-state index contributed by atoms with van der Waals surface area (Å²) in [7, 11) is 0. The first-order valence-corrected chi connectivity index (χ1v) is 5.77. The molecule has 0 aliphatic carbocycles. The van der Waals surface area contributed by atoms with Crippen molar-refractivity contribution in [3.05, 3.63) is 47.2 Å². The maximum atomic E-state index is 11.3. The summed E-state index contributed by atoms with van der Waals surface area (Å²) in [4.78, 5) is 11.3. The lowest BCUT2D eigenvalue weighted by atomic mass is 10.1. The topological polar surface area (TPSA) is 26.3 Å². The van der Waals surface area contributed by atoms with Crippen LogP contribution in [-0.4, -0.2) is 12.6 Å². The normalized spacial score (nSPS) is 9.35. The predicted octanol–water partition coefficient (Wildman–Crippen LogP) is 3.59. The van der Waals surface area contributed by atoms with E-state index in [0.29, 0.717) is 13.0 Å². The average molecular weight is 230 g/mol. The van der Waals surface area contributed by atoms with E-state index in [2.05, 4.69) is 5.73 Å². The lowest BCUT2D eigenvalue weighted by Crippen LogP contribution is -2.03. The van der Waals surface area contributed by atoms with Gasteiger partial charge in [0.1, 0.15) is 0 Å². The van der Waals surface area contributed by atoms with Crippen molar-refractivity contribution in [1.29, 1.82) is 0 Å². The zero-order valence-electron chi connectivity index (χ0n) is 10.6. The molecule has 0 N–H and O–H groups in total. The summed E-state index contributed by atoms with van der Waals surface area (Å²) >= 11 is 0. The minimum atomic E-state index is -0.196. The number of carbonyl (C=O) groups is 1.